The van der Waals surface area contributed by atoms with E-state index >= 15 is 0 Å². The summed E-state index contributed by atoms with van der Waals surface area (Å²) in [6.07, 6.45) is 2.44. The minimum atomic E-state index is -1.06. The van der Waals surface area contributed by atoms with Crippen molar-refractivity contribution in [3.63, 3.8) is 0 Å². The molecule has 0 amide bonds. The topological polar surface area (TPSA) is 54.9 Å². The first-order valence-electron chi connectivity index (χ1n) is 4.82. The fraction of sp³-hybridized carbons (Fsp3) is 0.556. The van der Waals surface area contributed by atoms with Crippen LogP contribution in [-0.4, -0.2) is 33.0 Å². The molecule has 1 aromatic rings. The third-order valence-corrected chi connectivity index (χ3v) is 4.06. The third-order valence-electron chi connectivity index (χ3n) is 2.39. The van der Waals surface area contributed by atoms with Crippen molar-refractivity contribution in [2.75, 3.05) is 18.8 Å². The first kappa shape index (κ1) is 11.0. The van der Waals surface area contributed by atoms with E-state index in [0.717, 1.165) is 19.5 Å². The molecule has 0 bridgehead atoms. The molecule has 0 saturated carbocycles. The summed E-state index contributed by atoms with van der Waals surface area (Å²) < 4.78 is 11.9. The molecule has 2 heterocycles. The van der Waals surface area contributed by atoms with Crippen LogP contribution in [0.2, 0.25) is 5.15 Å². The van der Waals surface area contributed by atoms with Crippen LogP contribution in [-0.2, 0) is 10.8 Å². The van der Waals surface area contributed by atoms with E-state index in [2.05, 4.69) is 15.3 Å². The van der Waals surface area contributed by atoms with Gasteiger partial charge in [0.1, 0.15) is 16.5 Å². The van der Waals surface area contributed by atoms with Crippen LogP contribution in [0.15, 0.2) is 17.4 Å². The van der Waals surface area contributed by atoms with Crippen molar-refractivity contribution < 1.29 is 4.21 Å². The summed E-state index contributed by atoms with van der Waals surface area (Å²) in [7, 11) is -1.06. The van der Waals surface area contributed by atoms with Crippen molar-refractivity contribution >= 4 is 22.4 Å². The van der Waals surface area contributed by atoms with E-state index in [1.54, 1.807) is 6.07 Å². The molecule has 15 heavy (non-hydrogen) atoms. The molecule has 0 radical (unpaired) electrons. The second-order valence-corrected chi connectivity index (χ2v) is 5.38. The minimum Gasteiger partial charge on any atom is -0.316 e. The molecule has 6 heteroatoms. The predicted octanol–water partition coefficient (Wildman–Crippen LogP) is 0.847. The van der Waals surface area contributed by atoms with E-state index in [0.29, 0.717) is 21.8 Å². The maximum Gasteiger partial charge on any atom is 0.133 e. The average Bonchev–Trinajstić information content (AvgIpc) is 2.70. The molecule has 1 fully saturated rings. The first-order valence-corrected chi connectivity index (χ1v) is 6.52. The summed E-state index contributed by atoms with van der Waals surface area (Å²) in [4.78, 5) is 7.73. The summed E-state index contributed by atoms with van der Waals surface area (Å²) in [5, 5.41) is 4.12. The summed E-state index contributed by atoms with van der Waals surface area (Å²) in [6, 6.07) is 1.57. The van der Waals surface area contributed by atoms with Crippen LogP contribution in [0.3, 0.4) is 0 Å². The van der Waals surface area contributed by atoms with Gasteiger partial charge in [-0.05, 0) is 25.4 Å². The SMILES string of the molecule is O=[S@](C[C@@H]1CCNC1)c1cc(Cl)ncn1. The van der Waals surface area contributed by atoms with Gasteiger partial charge in [0.05, 0.1) is 10.8 Å². The van der Waals surface area contributed by atoms with Crippen molar-refractivity contribution in [2.24, 2.45) is 5.92 Å². The molecule has 2 atom stereocenters. The number of rotatable bonds is 3. The molecule has 0 aromatic carbocycles. The second kappa shape index (κ2) is 5.01. The van der Waals surface area contributed by atoms with Crippen molar-refractivity contribution in [3.8, 4) is 0 Å². The van der Waals surface area contributed by atoms with Crippen LogP contribution >= 0.6 is 11.6 Å². The van der Waals surface area contributed by atoms with E-state index in [1.165, 1.54) is 6.33 Å². The summed E-state index contributed by atoms with van der Waals surface area (Å²) in [6.45, 7) is 1.97. The molecule has 1 aliphatic heterocycles. The Kier molecular flexibility index (Phi) is 3.66. The molecule has 2 rings (SSSR count). The van der Waals surface area contributed by atoms with Gasteiger partial charge in [-0.1, -0.05) is 11.6 Å². The number of halogens is 1. The molecule has 1 saturated heterocycles. The van der Waals surface area contributed by atoms with Crippen LogP contribution < -0.4 is 5.32 Å². The Bertz CT molecular complexity index is 368. The lowest BCUT2D eigenvalue weighted by atomic mass is 10.2. The highest BCUT2D eigenvalue weighted by molar-refractivity contribution is 7.85. The van der Waals surface area contributed by atoms with Crippen LogP contribution in [0.25, 0.3) is 0 Å². The Hall–Kier alpha value is -0.520. The highest BCUT2D eigenvalue weighted by Gasteiger charge is 2.18. The Morgan fingerprint density at radius 1 is 1.60 bits per heavy atom. The predicted molar refractivity (Wildman–Crippen MR) is 59.3 cm³/mol. The first-order chi connectivity index (χ1) is 7.25. The lowest BCUT2D eigenvalue weighted by molar-refractivity contribution is 0.630. The summed E-state index contributed by atoms with van der Waals surface area (Å²) in [5.41, 5.74) is 0. The maximum absolute atomic E-state index is 11.9. The number of nitrogens with one attached hydrogen (secondary N) is 1. The van der Waals surface area contributed by atoms with Gasteiger partial charge in [0.25, 0.3) is 0 Å². The lowest BCUT2D eigenvalue weighted by Gasteiger charge is -2.06. The third kappa shape index (κ3) is 2.96. The fourth-order valence-electron chi connectivity index (χ4n) is 1.60. The van der Waals surface area contributed by atoms with E-state index in [4.69, 9.17) is 11.6 Å². The molecule has 0 unspecified atom stereocenters. The van der Waals surface area contributed by atoms with E-state index < -0.39 is 10.8 Å². The Morgan fingerprint density at radius 2 is 2.47 bits per heavy atom. The van der Waals surface area contributed by atoms with Gasteiger partial charge in [0, 0.05) is 11.8 Å². The Labute approximate surface area is 95.9 Å². The molecule has 82 valence electrons. The summed E-state index contributed by atoms with van der Waals surface area (Å²) in [5.74, 6) is 1.14. The van der Waals surface area contributed by atoms with Crippen molar-refractivity contribution in [3.05, 3.63) is 17.5 Å². The Morgan fingerprint density at radius 3 is 3.13 bits per heavy atom. The van der Waals surface area contributed by atoms with Gasteiger partial charge in [-0.2, -0.15) is 0 Å². The average molecular weight is 246 g/mol. The molecule has 1 aliphatic rings. The largest absolute Gasteiger partial charge is 0.316 e. The van der Waals surface area contributed by atoms with Crippen molar-refractivity contribution in [1.29, 1.82) is 0 Å². The van der Waals surface area contributed by atoms with Gasteiger partial charge >= 0.3 is 0 Å². The molecule has 1 aromatic heterocycles. The smallest absolute Gasteiger partial charge is 0.133 e. The van der Waals surface area contributed by atoms with Gasteiger partial charge in [-0.15, -0.1) is 0 Å². The van der Waals surface area contributed by atoms with E-state index in [-0.39, 0.29) is 0 Å². The standard InChI is InChI=1S/C9H12ClN3OS/c10-8-3-9(13-6-12-8)15(14)5-7-1-2-11-4-7/h3,6-7,11H,1-2,4-5H2/t7-,15-/m1/s1. The van der Waals surface area contributed by atoms with Gasteiger partial charge in [-0.3, -0.25) is 4.21 Å². The van der Waals surface area contributed by atoms with Crippen LogP contribution in [0.5, 0.6) is 0 Å². The molecule has 0 spiro atoms. The number of nitrogens with zero attached hydrogens (tertiary/aromatic N) is 2. The molecule has 0 aliphatic carbocycles. The number of aromatic nitrogens is 2. The molecule has 4 nitrogen and oxygen atoms in total. The minimum absolute atomic E-state index is 0.345. The van der Waals surface area contributed by atoms with Crippen molar-refractivity contribution in [1.82, 2.24) is 15.3 Å². The van der Waals surface area contributed by atoms with Crippen LogP contribution in [0.1, 0.15) is 6.42 Å². The van der Waals surface area contributed by atoms with Gasteiger partial charge < -0.3 is 5.32 Å². The Balaban J connectivity index is 2.01. The quantitative estimate of drug-likeness (QED) is 0.803. The highest BCUT2D eigenvalue weighted by atomic mass is 35.5. The summed E-state index contributed by atoms with van der Waals surface area (Å²) >= 11 is 5.71. The second-order valence-electron chi connectivity index (χ2n) is 3.55. The fourth-order valence-corrected chi connectivity index (χ4v) is 3.10. The van der Waals surface area contributed by atoms with Gasteiger partial charge in [0.2, 0.25) is 0 Å². The molecule has 1 N–H and O–H groups in total. The highest BCUT2D eigenvalue weighted by Crippen LogP contribution is 2.14. The number of hydrogen-bond acceptors (Lipinski definition) is 4. The maximum atomic E-state index is 11.9. The van der Waals surface area contributed by atoms with Crippen LogP contribution in [0, 0.1) is 5.92 Å². The van der Waals surface area contributed by atoms with Crippen LogP contribution in [0.4, 0.5) is 0 Å². The zero-order valence-corrected chi connectivity index (χ0v) is 9.72. The van der Waals surface area contributed by atoms with Gasteiger partial charge in [-0.25, -0.2) is 9.97 Å². The van der Waals surface area contributed by atoms with Crippen molar-refractivity contribution in [2.45, 2.75) is 11.4 Å². The molecular weight excluding hydrogens is 234 g/mol. The van der Waals surface area contributed by atoms with Gasteiger partial charge in [0.15, 0.2) is 0 Å². The zero-order valence-electron chi connectivity index (χ0n) is 8.15. The zero-order chi connectivity index (χ0) is 10.7. The van der Waals surface area contributed by atoms with E-state index in [1.807, 2.05) is 0 Å². The normalized spacial score (nSPS) is 22.9. The van der Waals surface area contributed by atoms with E-state index in [9.17, 15) is 4.21 Å². The molecular formula is C9H12ClN3OS. The lowest BCUT2D eigenvalue weighted by Crippen LogP contribution is -2.15. The monoisotopic (exact) mass is 245 g/mol. The number of hydrogen-bond donors (Lipinski definition) is 1.